The van der Waals surface area contributed by atoms with Gasteiger partial charge in [-0.15, -0.1) is 0 Å². The average molecular weight is 988 g/mol. The molecule has 0 aromatic rings. The van der Waals surface area contributed by atoms with Crippen LogP contribution in [0, 0.1) is 0 Å². The summed E-state index contributed by atoms with van der Waals surface area (Å²) in [5.74, 6) is -0.937. The first-order valence-electron chi connectivity index (χ1n) is 29.7. The lowest BCUT2D eigenvalue weighted by atomic mass is 10.1. The predicted molar refractivity (Wildman–Crippen MR) is 307 cm³/mol. The van der Waals surface area contributed by atoms with Crippen LogP contribution in [-0.2, 0) is 28.6 Å². The van der Waals surface area contributed by atoms with Crippen LogP contribution in [0.3, 0.4) is 0 Å². The molecule has 0 bridgehead atoms. The maximum absolute atomic E-state index is 12.9. The van der Waals surface area contributed by atoms with E-state index in [0.717, 1.165) is 103 Å². The molecule has 0 spiro atoms. The van der Waals surface area contributed by atoms with Gasteiger partial charge in [0, 0.05) is 19.3 Å². The van der Waals surface area contributed by atoms with Gasteiger partial charge in [0.15, 0.2) is 6.10 Å². The van der Waals surface area contributed by atoms with E-state index in [1.807, 2.05) is 0 Å². The third-order valence-electron chi connectivity index (χ3n) is 12.6. The number of hydrogen-bond donors (Lipinski definition) is 0. The van der Waals surface area contributed by atoms with Gasteiger partial charge < -0.3 is 14.2 Å². The third-order valence-corrected chi connectivity index (χ3v) is 12.6. The fraction of sp³-hybridized carbons (Fsp3) is 0.708. The molecule has 71 heavy (non-hydrogen) atoms. The van der Waals surface area contributed by atoms with Gasteiger partial charge in [0.2, 0.25) is 0 Å². The Morgan fingerprint density at radius 2 is 0.549 bits per heavy atom. The van der Waals surface area contributed by atoms with Gasteiger partial charge >= 0.3 is 17.9 Å². The number of carbonyl (C=O) groups excluding carboxylic acids is 3. The van der Waals surface area contributed by atoms with Crippen LogP contribution in [-0.4, -0.2) is 37.2 Å². The molecule has 0 radical (unpaired) electrons. The van der Waals surface area contributed by atoms with E-state index in [1.165, 1.54) is 135 Å². The Labute approximate surface area is 438 Å². The van der Waals surface area contributed by atoms with Gasteiger partial charge in [-0.1, -0.05) is 253 Å². The van der Waals surface area contributed by atoms with E-state index in [-0.39, 0.29) is 31.1 Å². The highest BCUT2D eigenvalue weighted by molar-refractivity contribution is 5.71. The van der Waals surface area contributed by atoms with E-state index < -0.39 is 6.10 Å². The molecule has 0 saturated heterocycles. The number of rotatable bonds is 53. The Morgan fingerprint density at radius 3 is 0.887 bits per heavy atom. The largest absolute Gasteiger partial charge is 0.462 e. The highest BCUT2D eigenvalue weighted by Crippen LogP contribution is 2.15. The monoisotopic (exact) mass is 987 g/mol. The second-order valence-electron chi connectivity index (χ2n) is 19.5. The predicted octanol–water partition coefficient (Wildman–Crippen LogP) is 20.1. The van der Waals surface area contributed by atoms with Crippen LogP contribution >= 0.6 is 0 Å². The highest BCUT2D eigenvalue weighted by Gasteiger charge is 2.19. The van der Waals surface area contributed by atoms with E-state index in [9.17, 15) is 14.4 Å². The third kappa shape index (κ3) is 57.1. The summed E-state index contributed by atoms with van der Waals surface area (Å²) in [5.41, 5.74) is 0. The second kappa shape index (κ2) is 58.9. The molecule has 1 atom stereocenters. The van der Waals surface area contributed by atoms with Crippen LogP contribution in [0.4, 0.5) is 0 Å². The molecule has 0 aliphatic carbocycles. The second-order valence-corrected chi connectivity index (χ2v) is 19.5. The van der Waals surface area contributed by atoms with Gasteiger partial charge in [-0.3, -0.25) is 14.4 Å². The minimum absolute atomic E-state index is 0.0918. The molecule has 0 aliphatic heterocycles. The molecular weight excluding hydrogens is 877 g/mol. The molecule has 6 heteroatoms. The van der Waals surface area contributed by atoms with Crippen molar-refractivity contribution in [2.75, 3.05) is 13.2 Å². The van der Waals surface area contributed by atoms with Crippen molar-refractivity contribution >= 4 is 17.9 Å². The van der Waals surface area contributed by atoms with Crippen LogP contribution in [0.2, 0.25) is 0 Å². The van der Waals surface area contributed by atoms with Crippen molar-refractivity contribution in [1.29, 1.82) is 0 Å². The summed E-state index contributed by atoms with van der Waals surface area (Å²) in [5, 5.41) is 0. The van der Waals surface area contributed by atoms with E-state index in [1.54, 1.807) is 0 Å². The SMILES string of the molecule is CC/C=C\C/C=C\C/C=C\C/C=C\C/C=C\C/C=C\CCCCC(=O)OCC(COC(=O)CCCCCCCCCCCCC)OC(=O)CCCCCCCCCCC/C=C\C/C=C\CCCCCCC. The molecule has 0 amide bonds. The standard InChI is InChI=1S/C65H110O6/c1-4-7-10-13-16-19-22-24-26-28-30-32-34-36-38-40-43-46-49-52-55-58-64(67)70-61-62(60-69-63(66)57-54-51-48-45-42-21-18-15-12-9-6-3)71-65(68)59-56-53-50-47-44-41-39-37-35-33-31-29-27-25-23-20-17-14-11-8-5-2/h7,10,16,19,23-26,29-32,36,38,43,46,62H,4-6,8-9,11-15,17-18,20-22,27-28,33-35,37,39-42,44-45,47-61H2,1-3H3/b10-7-,19-16-,25-23-,26-24-,31-29-,32-30-,38-36-,46-43-. The van der Waals surface area contributed by atoms with Crippen molar-refractivity contribution in [3.8, 4) is 0 Å². The van der Waals surface area contributed by atoms with Crippen LogP contribution < -0.4 is 0 Å². The molecule has 0 heterocycles. The first kappa shape index (κ1) is 67.3. The van der Waals surface area contributed by atoms with Crippen molar-refractivity contribution in [2.24, 2.45) is 0 Å². The zero-order valence-corrected chi connectivity index (χ0v) is 46.5. The first-order valence-corrected chi connectivity index (χ1v) is 29.7. The molecule has 0 fully saturated rings. The van der Waals surface area contributed by atoms with Gasteiger partial charge in [0.05, 0.1) is 0 Å². The Bertz CT molecular complexity index is 1410. The number of esters is 3. The summed E-state index contributed by atoms with van der Waals surface area (Å²) in [7, 11) is 0. The molecular formula is C65H110O6. The Morgan fingerprint density at radius 1 is 0.296 bits per heavy atom. The van der Waals surface area contributed by atoms with Crippen molar-refractivity contribution in [3.05, 3.63) is 97.2 Å². The van der Waals surface area contributed by atoms with Gasteiger partial charge in [0.25, 0.3) is 0 Å². The minimum Gasteiger partial charge on any atom is -0.462 e. The lowest BCUT2D eigenvalue weighted by Gasteiger charge is -2.18. The molecule has 6 nitrogen and oxygen atoms in total. The molecule has 0 N–H and O–H groups in total. The summed E-state index contributed by atoms with van der Waals surface area (Å²) < 4.78 is 16.8. The highest BCUT2D eigenvalue weighted by atomic mass is 16.6. The summed E-state index contributed by atoms with van der Waals surface area (Å²) >= 11 is 0. The number of unbranched alkanes of at least 4 members (excludes halogenated alkanes) is 26. The number of allylic oxidation sites excluding steroid dienone is 16. The summed E-state index contributed by atoms with van der Waals surface area (Å²) in [4.78, 5) is 38.2. The zero-order chi connectivity index (χ0) is 51.4. The topological polar surface area (TPSA) is 78.9 Å². The van der Waals surface area contributed by atoms with Crippen molar-refractivity contribution in [2.45, 2.75) is 284 Å². The van der Waals surface area contributed by atoms with Gasteiger partial charge in [-0.25, -0.2) is 0 Å². The van der Waals surface area contributed by atoms with Crippen LogP contribution in [0.25, 0.3) is 0 Å². The zero-order valence-electron chi connectivity index (χ0n) is 46.5. The molecule has 0 aromatic heterocycles. The van der Waals surface area contributed by atoms with Crippen molar-refractivity contribution in [1.82, 2.24) is 0 Å². The maximum Gasteiger partial charge on any atom is 0.306 e. The quantitative estimate of drug-likeness (QED) is 0.0261. The number of hydrogen-bond acceptors (Lipinski definition) is 6. The summed E-state index contributed by atoms with van der Waals surface area (Å²) in [6.45, 7) is 6.48. The molecule has 0 aromatic carbocycles. The van der Waals surface area contributed by atoms with E-state index in [4.69, 9.17) is 14.2 Å². The Kier molecular flexibility index (Phi) is 55.9. The average Bonchev–Trinajstić information content (AvgIpc) is 3.37. The minimum atomic E-state index is -0.797. The lowest BCUT2D eigenvalue weighted by molar-refractivity contribution is -0.167. The van der Waals surface area contributed by atoms with E-state index >= 15 is 0 Å². The van der Waals surface area contributed by atoms with Crippen LogP contribution in [0.1, 0.15) is 278 Å². The molecule has 0 aliphatic rings. The summed E-state index contributed by atoms with van der Waals surface area (Å²) in [6.07, 6.45) is 78.3. The maximum atomic E-state index is 12.9. The summed E-state index contributed by atoms with van der Waals surface area (Å²) in [6, 6.07) is 0. The normalized spacial score (nSPS) is 12.8. The van der Waals surface area contributed by atoms with E-state index in [2.05, 4.69) is 118 Å². The molecule has 0 saturated carbocycles. The fourth-order valence-electron chi connectivity index (χ4n) is 8.12. The number of ether oxygens (including phenoxy) is 3. The number of carbonyl (C=O) groups is 3. The van der Waals surface area contributed by atoms with Crippen LogP contribution in [0.5, 0.6) is 0 Å². The fourth-order valence-corrected chi connectivity index (χ4v) is 8.12. The first-order chi connectivity index (χ1) is 35.0. The Hall–Kier alpha value is -3.67. The smallest absolute Gasteiger partial charge is 0.306 e. The molecule has 0 rings (SSSR count). The van der Waals surface area contributed by atoms with Crippen molar-refractivity contribution < 1.29 is 28.6 Å². The van der Waals surface area contributed by atoms with E-state index in [0.29, 0.717) is 19.3 Å². The molecule has 406 valence electrons. The lowest BCUT2D eigenvalue weighted by Crippen LogP contribution is -2.30. The van der Waals surface area contributed by atoms with Crippen LogP contribution in [0.15, 0.2) is 97.2 Å². The Balaban J connectivity index is 4.41. The van der Waals surface area contributed by atoms with Crippen molar-refractivity contribution in [3.63, 3.8) is 0 Å². The van der Waals surface area contributed by atoms with Gasteiger partial charge in [0.1, 0.15) is 13.2 Å². The molecule has 1 unspecified atom stereocenters. The van der Waals surface area contributed by atoms with Gasteiger partial charge in [-0.05, 0) is 103 Å². The van der Waals surface area contributed by atoms with Gasteiger partial charge in [-0.2, -0.15) is 0 Å².